The van der Waals surface area contributed by atoms with Crippen molar-refractivity contribution in [2.45, 2.75) is 52.1 Å². The third-order valence-corrected chi connectivity index (χ3v) is 5.75. The Labute approximate surface area is 152 Å². The monoisotopic (exact) mass is 354 g/mol. The summed E-state index contributed by atoms with van der Waals surface area (Å²) < 4.78 is 20.9. The maximum absolute atomic E-state index is 13.2. The fourth-order valence-electron chi connectivity index (χ4n) is 4.21. The summed E-state index contributed by atoms with van der Waals surface area (Å²) in [4.78, 5) is 11.9. The van der Waals surface area contributed by atoms with Crippen LogP contribution in [0, 0.1) is 11.2 Å². The lowest BCUT2D eigenvalue weighted by Gasteiger charge is -2.44. The van der Waals surface area contributed by atoms with E-state index in [1.54, 1.807) is 12.1 Å². The van der Waals surface area contributed by atoms with E-state index in [0.29, 0.717) is 6.42 Å². The van der Waals surface area contributed by atoms with Crippen molar-refractivity contribution in [2.24, 2.45) is 5.41 Å². The molecule has 2 aliphatic carbocycles. The minimum absolute atomic E-state index is 0.0859. The molecule has 0 saturated heterocycles. The van der Waals surface area contributed by atoms with E-state index in [0.717, 1.165) is 42.6 Å². The van der Waals surface area contributed by atoms with Gasteiger partial charge in [0.05, 0.1) is 17.6 Å². The maximum atomic E-state index is 13.2. The van der Waals surface area contributed by atoms with E-state index in [1.165, 1.54) is 17.7 Å². The van der Waals surface area contributed by atoms with E-state index in [9.17, 15) is 9.18 Å². The third-order valence-electron chi connectivity index (χ3n) is 5.75. The van der Waals surface area contributed by atoms with Crippen molar-refractivity contribution in [3.8, 4) is 5.69 Å². The molecule has 2 aliphatic rings. The minimum atomic E-state index is -0.256. The van der Waals surface area contributed by atoms with E-state index in [2.05, 4.69) is 18.1 Å². The molecule has 5 heteroatoms. The lowest BCUT2D eigenvalue weighted by molar-refractivity contribution is -0.155. The molecule has 0 N–H and O–H groups in total. The summed E-state index contributed by atoms with van der Waals surface area (Å²) in [6.45, 7) is 4.03. The van der Waals surface area contributed by atoms with Crippen molar-refractivity contribution < 1.29 is 13.9 Å². The zero-order valence-electron chi connectivity index (χ0n) is 15.2. The SMILES string of the molecule is CCC(=O)O[C@H]1CCCC2=Cc3c(cnn3-c3ccc(F)cc3)C[C@@]21C. The van der Waals surface area contributed by atoms with E-state index < -0.39 is 0 Å². The zero-order valence-corrected chi connectivity index (χ0v) is 15.2. The predicted molar refractivity (Wildman–Crippen MR) is 97.3 cm³/mol. The largest absolute Gasteiger partial charge is 0.461 e. The number of hydrogen-bond acceptors (Lipinski definition) is 3. The summed E-state index contributed by atoms with van der Waals surface area (Å²) in [5.74, 6) is -0.390. The maximum Gasteiger partial charge on any atom is 0.305 e. The van der Waals surface area contributed by atoms with Crippen molar-refractivity contribution in [3.63, 3.8) is 0 Å². The van der Waals surface area contributed by atoms with Crippen molar-refractivity contribution in [1.82, 2.24) is 9.78 Å². The minimum Gasteiger partial charge on any atom is -0.461 e. The molecule has 2 atom stereocenters. The fraction of sp³-hybridized carbons (Fsp3) is 0.429. The third kappa shape index (κ3) is 2.75. The first kappa shape index (κ1) is 17.0. The number of hydrogen-bond donors (Lipinski definition) is 0. The van der Waals surface area contributed by atoms with Gasteiger partial charge >= 0.3 is 5.97 Å². The molecule has 0 unspecified atom stereocenters. The van der Waals surface area contributed by atoms with Gasteiger partial charge in [0.15, 0.2) is 0 Å². The van der Waals surface area contributed by atoms with Gasteiger partial charge in [-0.3, -0.25) is 4.79 Å². The summed E-state index contributed by atoms with van der Waals surface area (Å²) in [6.07, 6.45) is 8.12. The Morgan fingerprint density at radius 1 is 1.38 bits per heavy atom. The molecule has 26 heavy (non-hydrogen) atoms. The van der Waals surface area contributed by atoms with Gasteiger partial charge in [-0.1, -0.05) is 19.4 Å². The van der Waals surface area contributed by atoms with Crippen LogP contribution >= 0.6 is 0 Å². The summed E-state index contributed by atoms with van der Waals surface area (Å²) in [5.41, 5.74) is 4.17. The number of nitrogens with zero attached hydrogens (tertiary/aromatic N) is 2. The molecule has 0 bridgehead atoms. The molecule has 1 heterocycles. The lowest BCUT2D eigenvalue weighted by atomic mass is 9.64. The summed E-state index contributed by atoms with van der Waals surface area (Å²) >= 11 is 0. The van der Waals surface area contributed by atoms with E-state index in [1.807, 2.05) is 17.8 Å². The molecule has 1 aromatic carbocycles. The van der Waals surface area contributed by atoms with Crippen LogP contribution < -0.4 is 0 Å². The molecule has 1 aromatic heterocycles. The standard InChI is InChI=1S/C21H23FN2O2/c1-3-20(25)26-19-6-4-5-15-11-18-14(12-21(15,19)2)13-23-24(18)17-9-7-16(22)8-10-17/h7-11,13,19H,3-6,12H2,1-2H3/t19-,21-/m0/s1. The molecule has 0 amide bonds. The van der Waals surface area contributed by atoms with Crippen LogP contribution in [0.15, 0.2) is 36.0 Å². The Morgan fingerprint density at radius 3 is 2.88 bits per heavy atom. The number of fused-ring (bicyclic) bond motifs is 2. The first-order valence-electron chi connectivity index (χ1n) is 9.24. The molecule has 0 aliphatic heterocycles. The highest BCUT2D eigenvalue weighted by atomic mass is 19.1. The quantitative estimate of drug-likeness (QED) is 0.764. The van der Waals surface area contributed by atoms with Crippen LogP contribution in [0.25, 0.3) is 11.8 Å². The van der Waals surface area contributed by atoms with Gasteiger partial charge < -0.3 is 4.74 Å². The van der Waals surface area contributed by atoms with Gasteiger partial charge in [-0.15, -0.1) is 0 Å². The van der Waals surface area contributed by atoms with Gasteiger partial charge in [-0.05, 0) is 61.6 Å². The van der Waals surface area contributed by atoms with Crippen LogP contribution in [0.4, 0.5) is 4.39 Å². The number of halogens is 1. The Bertz CT molecular complexity index is 869. The summed E-state index contributed by atoms with van der Waals surface area (Å²) in [5, 5.41) is 4.53. The molecule has 1 saturated carbocycles. The van der Waals surface area contributed by atoms with Gasteiger partial charge in [0.2, 0.25) is 0 Å². The van der Waals surface area contributed by atoms with E-state index in [-0.39, 0.29) is 23.3 Å². The molecule has 4 rings (SSSR count). The Kier molecular flexibility index (Phi) is 4.17. The first-order valence-corrected chi connectivity index (χ1v) is 9.24. The average Bonchev–Trinajstić information content (AvgIpc) is 3.03. The predicted octanol–water partition coefficient (Wildman–Crippen LogP) is 4.46. The van der Waals surface area contributed by atoms with Crippen molar-refractivity contribution in [3.05, 3.63) is 53.1 Å². The van der Waals surface area contributed by atoms with Crippen LogP contribution in [-0.4, -0.2) is 21.9 Å². The topological polar surface area (TPSA) is 44.1 Å². The van der Waals surface area contributed by atoms with E-state index in [4.69, 9.17) is 4.74 Å². The number of benzene rings is 1. The number of rotatable bonds is 3. The van der Waals surface area contributed by atoms with Crippen LogP contribution in [0.1, 0.15) is 50.8 Å². The van der Waals surface area contributed by atoms with Gasteiger partial charge in [0.1, 0.15) is 11.9 Å². The number of aromatic nitrogens is 2. The highest BCUT2D eigenvalue weighted by molar-refractivity contribution is 5.69. The van der Waals surface area contributed by atoms with Crippen LogP contribution in [-0.2, 0) is 16.0 Å². The smallest absolute Gasteiger partial charge is 0.305 e. The van der Waals surface area contributed by atoms with Crippen molar-refractivity contribution in [1.29, 1.82) is 0 Å². The highest BCUT2D eigenvalue weighted by Gasteiger charge is 2.45. The van der Waals surface area contributed by atoms with Gasteiger partial charge in [-0.2, -0.15) is 5.10 Å². The van der Waals surface area contributed by atoms with Gasteiger partial charge in [0.25, 0.3) is 0 Å². The molecular formula is C21H23FN2O2. The Hall–Kier alpha value is -2.43. The second-order valence-corrected chi connectivity index (χ2v) is 7.43. The van der Waals surface area contributed by atoms with Crippen LogP contribution in [0.2, 0.25) is 0 Å². The number of ether oxygens (including phenoxy) is 1. The Morgan fingerprint density at radius 2 is 2.15 bits per heavy atom. The summed E-state index contributed by atoms with van der Waals surface area (Å²) in [6, 6.07) is 6.37. The van der Waals surface area contributed by atoms with Crippen LogP contribution in [0.5, 0.6) is 0 Å². The van der Waals surface area contributed by atoms with E-state index >= 15 is 0 Å². The second kappa shape index (κ2) is 6.38. The van der Waals surface area contributed by atoms with Gasteiger partial charge in [-0.25, -0.2) is 9.07 Å². The molecule has 0 spiro atoms. The highest BCUT2D eigenvalue weighted by Crippen LogP contribution is 2.49. The average molecular weight is 354 g/mol. The molecule has 1 fully saturated rings. The zero-order chi connectivity index (χ0) is 18.3. The normalized spacial score (nSPS) is 24.4. The van der Waals surface area contributed by atoms with Gasteiger partial charge in [0, 0.05) is 11.8 Å². The molecule has 0 radical (unpaired) electrons. The Balaban J connectivity index is 1.71. The molecule has 136 valence electrons. The second-order valence-electron chi connectivity index (χ2n) is 7.43. The van der Waals surface area contributed by atoms with Crippen molar-refractivity contribution in [2.75, 3.05) is 0 Å². The fourth-order valence-corrected chi connectivity index (χ4v) is 4.21. The molecule has 2 aromatic rings. The van der Waals surface area contributed by atoms with Crippen LogP contribution in [0.3, 0.4) is 0 Å². The van der Waals surface area contributed by atoms with Crippen molar-refractivity contribution >= 4 is 12.0 Å². The molecule has 4 nitrogen and oxygen atoms in total. The first-order chi connectivity index (χ1) is 12.5. The summed E-state index contributed by atoms with van der Waals surface area (Å²) in [7, 11) is 0. The number of carbonyl (C=O) groups excluding carboxylic acids is 1. The number of esters is 1. The number of carbonyl (C=O) groups is 1. The lowest BCUT2D eigenvalue weighted by Crippen LogP contribution is -2.43. The molecular weight excluding hydrogens is 331 g/mol.